The average Bonchev–Trinajstić information content (AvgIpc) is 3.21. The van der Waals surface area contributed by atoms with Crippen molar-refractivity contribution in [2.75, 3.05) is 13.7 Å². The van der Waals surface area contributed by atoms with Crippen LogP contribution < -0.4 is 4.74 Å². The number of phenolic OH excluding ortho intramolecular Hbond substituents is 1. The summed E-state index contributed by atoms with van der Waals surface area (Å²) in [7, 11) is 1.47. The number of methoxy groups -OCH3 is 1. The fraction of sp³-hybridized carbons (Fsp3) is 0.565. The molecule has 0 spiro atoms. The number of hydrogen-bond acceptors (Lipinski definition) is 11. The highest BCUT2D eigenvalue weighted by Gasteiger charge is 2.45. The Hall–Kier alpha value is -2.70. The van der Waals surface area contributed by atoms with Gasteiger partial charge in [-0.3, -0.25) is 4.79 Å². The number of esters is 2. The Labute approximate surface area is 196 Å². The molecule has 11 nitrogen and oxygen atoms in total. The van der Waals surface area contributed by atoms with Gasteiger partial charge in [0, 0.05) is 17.5 Å². The van der Waals surface area contributed by atoms with E-state index in [2.05, 4.69) is 0 Å². The number of allylic oxidation sites excluding steroid dienone is 2. The van der Waals surface area contributed by atoms with Gasteiger partial charge < -0.3 is 44.5 Å². The van der Waals surface area contributed by atoms with Crippen molar-refractivity contribution >= 4 is 11.9 Å². The van der Waals surface area contributed by atoms with Crippen LogP contribution in [0.5, 0.6) is 11.5 Å². The number of fused-ring (bicyclic) bond motifs is 1. The number of aliphatic hydroxyl groups is 4. The molecule has 1 aromatic rings. The fourth-order valence-electron chi connectivity index (χ4n) is 4.06. The number of ether oxygens (including phenoxy) is 4. The summed E-state index contributed by atoms with van der Waals surface area (Å²) in [5.74, 6) is -1.03. The van der Waals surface area contributed by atoms with Gasteiger partial charge >= 0.3 is 11.9 Å². The summed E-state index contributed by atoms with van der Waals surface area (Å²) in [5.41, 5.74) is 2.67. The number of phenols is 1. The van der Waals surface area contributed by atoms with E-state index in [1.807, 2.05) is 0 Å². The van der Waals surface area contributed by atoms with E-state index < -0.39 is 49.3 Å². The fourth-order valence-corrected chi connectivity index (χ4v) is 4.06. The van der Waals surface area contributed by atoms with Gasteiger partial charge in [-0.2, -0.15) is 0 Å². The summed E-state index contributed by atoms with van der Waals surface area (Å²) in [4.78, 5) is 24.2. The summed E-state index contributed by atoms with van der Waals surface area (Å²) < 4.78 is 20.7. The summed E-state index contributed by atoms with van der Waals surface area (Å²) >= 11 is 0. The van der Waals surface area contributed by atoms with E-state index in [0.29, 0.717) is 22.4 Å². The van der Waals surface area contributed by atoms with E-state index in [1.54, 1.807) is 19.9 Å². The predicted molar refractivity (Wildman–Crippen MR) is 115 cm³/mol. The second-order valence-corrected chi connectivity index (χ2v) is 8.36. The molecule has 5 N–H and O–H groups in total. The van der Waals surface area contributed by atoms with Crippen molar-refractivity contribution in [1.82, 2.24) is 0 Å². The van der Waals surface area contributed by atoms with E-state index in [-0.39, 0.29) is 37.2 Å². The lowest BCUT2D eigenvalue weighted by molar-refractivity contribution is -0.292. The Balaban J connectivity index is 1.62. The molecule has 0 aromatic heterocycles. The maximum absolute atomic E-state index is 12.2. The second-order valence-electron chi connectivity index (χ2n) is 8.36. The number of aliphatic hydroxyl groups excluding tert-OH is 4. The van der Waals surface area contributed by atoms with Crippen molar-refractivity contribution in [2.45, 2.75) is 70.4 Å². The highest BCUT2D eigenvalue weighted by atomic mass is 16.7. The van der Waals surface area contributed by atoms with Crippen LogP contribution in [0.15, 0.2) is 11.6 Å². The predicted octanol–water partition coefficient (Wildman–Crippen LogP) is -0.00828. The molecular formula is C23H30O11. The molecule has 0 saturated carbocycles. The first-order valence-electron chi connectivity index (χ1n) is 10.8. The maximum Gasteiger partial charge on any atom is 0.342 e. The van der Waals surface area contributed by atoms with E-state index >= 15 is 0 Å². The van der Waals surface area contributed by atoms with E-state index in [1.165, 1.54) is 7.11 Å². The van der Waals surface area contributed by atoms with Crippen molar-refractivity contribution in [2.24, 2.45) is 0 Å². The Morgan fingerprint density at radius 3 is 2.53 bits per heavy atom. The van der Waals surface area contributed by atoms with Crippen LogP contribution in [-0.4, -0.2) is 81.9 Å². The standard InChI is InChI=1S/C23H30O11/c1-10(5-7-15(25)34-23-20(29)19(28)18(27)14(8-24)33-23)4-6-12-17(26)16-13(9-32-22(16)30)11(2)21(12)31-3/h4,14,18-20,23-24,26-29H,5-9H2,1-3H3/b10-4+/t14-,18-,19-,20-,23+/m1/s1. The Kier molecular flexibility index (Phi) is 8.16. The van der Waals surface area contributed by atoms with E-state index in [4.69, 9.17) is 18.9 Å². The van der Waals surface area contributed by atoms with Crippen molar-refractivity contribution in [3.63, 3.8) is 0 Å². The third-order valence-electron chi connectivity index (χ3n) is 6.12. The van der Waals surface area contributed by atoms with Gasteiger partial charge in [0.15, 0.2) is 0 Å². The quantitative estimate of drug-likeness (QED) is 0.249. The highest BCUT2D eigenvalue weighted by molar-refractivity contribution is 5.98. The molecule has 1 fully saturated rings. The smallest absolute Gasteiger partial charge is 0.342 e. The third kappa shape index (κ3) is 5.03. The van der Waals surface area contributed by atoms with E-state index in [9.17, 15) is 35.1 Å². The molecule has 2 heterocycles. The minimum absolute atomic E-state index is 0.0734. The third-order valence-corrected chi connectivity index (χ3v) is 6.12. The zero-order valence-corrected chi connectivity index (χ0v) is 19.2. The zero-order chi connectivity index (χ0) is 25.2. The Bertz CT molecular complexity index is 968. The molecule has 0 unspecified atom stereocenters. The number of rotatable bonds is 8. The number of carbonyl (C=O) groups excluding carboxylic acids is 2. The molecule has 0 bridgehead atoms. The van der Waals surface area contributed by atoms with Crippen LogP contribution in [0.4, 0.5) is 0 Å². The molecule has 188 valence electrons. The monoisotopic (exact) mass is 482 g/mol. The van der Waals surface area contributed by atoms with Gasteiger partial charge in [0.1, 0.15) is 48.1 Å². The number of cyclic esters (lactones) is 1. The van der Waals surface area contributed by atoms with Crippen molar-refractivity contribution in [3.8, 4) is 11.5 Å². The van der Waals surface area contributed by atoms with Crippen LogP contribution in [-0.2, 0) is 32.0 Å². The van der Waals surface area contributed by atoms with Crippen LogP contribution in [0.25, 0.3) is 0 Å². The molecular weight excluding hydrogens is 452 g/mol. The normalized spacial score (nSPS) is 26.7. The van der Waals surface area contributed by atoms with Gasteiger partial charge in [0.2, 0.25) is 6.29 Å². The summed E-state index contributed by atoms with van der Waals surface area (Å²) in [6, 6.07) is 0. The number of benzene rings is 1. The summed E-state index contributed by atoms with van der Waals surface area (Å²) in [6.45, 7) is 3.01. The minimum Gasteiger partial charge on any atom is -0.507 e. The summed E-state index contributed by atoms with van der Waals surface area (Å²) in [6.07, 6.45) is -5.31. The van der Waals surface area contributed by atoms with Crippen molar-refractivity contribution in [3.05, 3.63) is 33.9 Å². The first kappa shape index (κ1) is 25.9. The molecule has 34 heavy (non-hydrogen) atoms. The molecule has 2 aliphatic heterocycles. The Morgan fingerprint density at radius 2 is 1.88 bits per heavy atom. The average molecular weight is 482 g/mol. The zero-order valence-electron chi connectivity index (χ0n) is 19.2. The van der Waals surface area contributed by atoms with Gasteiger partial charge in [0.25, 0.3) is 0 Å². The van der Waals surface area contributed by atoms with Crippen LogP contribution >= 0.6 is 0 Å². The molecule has 0 radical (unpaired) electrons. The molecule has 0 aliphatic carbocycles. The van der Waals surface area contributed by atoms with Gasteiger partial charge in [0.05, 0.1) is 13.7 Å². The lowest BCUT2D eigenvalue weighted by Gasteiger charge is -2.39. The summed E-state index contributed by atoms with van der Waals surface area (Å²) in [5, 5.41) is 49.4. The topological polar surface area (TPSA) is 172 Å². The van der Waals surface area contributed by atoms with Gasteiger partial charge in [-0.1, -0.05) is 11.6 Å². The largest absolute Gasteiger partial charge is 0.507 e. The Morgan fingerprint density at radius 1 is 1.18 bits per heavy atom. The second kappa shape index (κ2) is 10.7. The van der Waals surface area contributed by atoms with Crippen molar-refractivity contribution < 1.29 is 54.1 Å². The van der Waals surface area contributed by atoms with Gasteiger partial charge in [-0.15, -0.1) is 0 Å². The molecule has 0 amide bonds. The van der Waals surface area contributed by atoms with Gasteiger partial charge in [-0.25, -0.2) is 4.79 Å². The van der Waals surface area contributed by atoms with Crippen LogP contribution in [0, 0.1) is 6.92 Å². The van der Waals surface area contributed by atoms with Gasteiger partial charge in [-0.05, 0) is 32.3 Å². The molecule has 2 aliphatic rings. The first-order valence-corrected chi connectivity index (χ1v) is 10.8. The SMILES string of the molecule is COc1c(C)c2c(c(O)c1C/C=C(\C)CCC(=O)O[C@@H]1O[C@H](CO)[C@@H](O)[C@@H](O)[C@H]1O)C(=O)OC2. The van der Waals surface area contributed by atoms with E-state index in [0.717, 1.165) is 5.57 Å². The molecule has 5 atom stereocenters. The minimum atomic E-state index is -1.66. The number of hydrogen-bond donors (Lipinski definition) is 5. The maximum atomic E-state index is 12.2. The van der Waals surface area contributed by atoms with Crippen LogP contribution in [0.2, 0.25) is 0 Å². The molecule has 3 rings (SSSR count). The molecule has 11 heteroatoms. The number of carbonyl (C=O) groups is 2. The highest BCUT2D eigenvalue weighted by Crippen LogP contribution is 2.42. The molecule has 1 saturated heterocycles. The number of aromatic hydroxyl groups is 1. The molecule has 1 aromatic carbocycles. The first-order chi connectivity index (χ1) is 16.1. The lowest BCUT2D eigenvalue weighted by atomic mass is 9.94. The lowest BCUT2D eigenvalue weighted by Crippen LogP contribution is -2.59. The van der Waals surface area contributed by atoms with Crippen LogP contribution in [0.1, 0.15) is 46.8 Å². The van der Waals surface area contributed by atoms with Crippen molar-refractivity contribution in [1.29, 1.82) is 0 Å². The van der Waals surface area contributed by atoms with Crippen LogP contribution in [0.3, 0.4) is 0 Å².